The lowest BCUT2D eigenvalue weighted by molar-refractivity contribution is 0.0502. The Morgan fingerprint density at radius 1 is 1.43 bits per heavy atom. The van der Waals surface area contributed by atoms with Crippen molar-refractivity contribution < 1.29 is 9.53 Å². The van der Waals surface area contributed by atoms with E-state index in [9.17, 15) is 4.79 Å². The van der Waals surface area contributed by atoms with E-state index in [1.165, 1.54) is 15.6 Å². The van der Waals surface area contributed by atoms with E-state index in [0.717, 1.165) is 25.8 Å². The summed E-state index contributed by atoms with van der Waals surface area (Å²) in [5.41, 5.74) is 2.30. The lowest BCUT2D eigenvalue weighted by Gasteiger charge is -2.24. The van der Waals surface area contributed by atoms with Crippen LogP contribution in [-0.4, -0.2) is 24.3 Å². The molecule has 128 valence electrons. The second-order valence-electron chi connectivity index (χ2n) is 7.06. The highest BCUT2D eigenvalue weighted by atomic mass is 79.9. The van der Waals surface area contributed by atoms with E-state index in [0.29, 0.717) is 6.04 Å². The van der Waals surface area contributed by atoms with Gasteiger partial charge in [-0.1, -0.05) is 35.0 Å². The Bertz CT molecular complexity index is 554. The summed E-state index contributed by atoms with van der Waals surface area (Å²) in [6.07, 6.45) is 2.70. The van der Waals surface area contributed by atoms with Crippen molar-refractivity contribution in [3.05, 3.63) is 33.8 Å². The van der Waals surface area contributed by atoms with Gasteiger partial charge in [0, 0.05) is 23.1 Å². The van der Waals surface area contributed by atoms with Crippen LogP contribution in [0.5, 0.6) is 0 Å². The predicted octanol–water partition coefficient (Wildman–Crippen LogP) is 4.33. The molecule has 2 rings (SSSR count). The molecule has 2 N–H and O–H groups in total. The normalized spacial score (nSPS) is 18.4. The zero-order chi connectivity index (χ0) is 17.0. The molecule has 5 heteroatoms. The van der Waals surface area contributed by atoms with E-state index in [4.69, 9.17) is 4.74 Å². The smallest absolute Gasteiger partial charge is 0.407 e. The number of fused-ring (bicyclic) bond motifs is 1. The van der Waals surface area contributed by atoms with Gasteiger partial charge in [-0.3, -0.25) is 0 Å². The van der Waals surface area contributed by atoms with Gasteiger partial charge in [-0.25, -0.2) is 4.79 Å². The molecule has 1 aliphatic rings. The quantitative estimate of drug-likeness (QED) is 0.796. The summed E-state index contributed by atoms with van der Waals surface area (Å²) in [6.45, 7) is 8.44. The standard InChI is InChI=1S/C18H27BrN2O2/c1-5-12(21-17(22)23-18(2,3)4)11-20-16-10-9-13-14(16)7-6-8-15(13)19/h6-8,12,16,20H,5,9-11H2,1-4H3,(H,21,22). The molecule has 2 atom stereocenters. The van der Waals surface area contributed by atoms with Crippen molar-refractivity contribution in [1.82, 2.24) is 10.6 Å². The summed E-state index contributed by atoms with van der Waals surface area (Å²) in [7, 11) is 0. The number of carbonyl (C=O) groups excluding carboxylic acids is 1. The Hall–Kier alpha value is -1.07. The van der Waals surface area contributed by atoms with Gasteiger partial charge in [0.15, 0.2) is 0 Å². The van der Waals surface area contributed by atoms with Crippen molar-refractivity contribution in [2.75, 3.05) is 6.54 Å². The number of alkyl carbamates (subject to hydrolysis) is 1. The van der Waals surface area contributed by atoms with Crippen LogP contribution in [0.1, 0.15) is 57.7 Å². The largest absolute Gasteiger partial charge is 0.444 e. The molecule has 0 saturated heterocycles. The van der Waals surface area contributed by atoms with E-state index in [1.54, 1.807) is 0 Å². The molecule has 1 aromatic carbocycles. The molecule has 0 spiro atoms. The molecule has 4 nitrogen and oxygen atoms in total. The maximum absolute atomic E-state index is 11.9. The van der Waals surface area contributed by atoms with Gasteiger partial charge in [0.2, 0.25) is 0 Å². The van der Waals surface area contributed by atoms with Crippen molar-refractivity contribution >= 4 is 22.0 Å². The summed E-state index contributed by atoms with van der Waals surface area (Å²) >= 11 is 3.63. The lowest BCUT2D eigenvalue weighted by atomic mass is 10.1. The molecule has 0 fully saturated rings. The maximum atomic E-state index is 11.9. The number of ether oxygens (including phenoxy) is 1. The van der Waals surface area contributed by atoms with Crippen molar-refractivity contribution in [2.24, 2.45) is 0 Å². The zero-order valence-corrected chi connectivity index (χ0v) is 16.0. The third-order valence-corrected chi connectivity index (χ3v) is 4.78. The molecular weight excluding hydrogens is 356 g/mol. The van der Waals surface area contributed by atoms with Crippen LogP contribution in [0.3, 0.4) is 0 Å². The van der Waals surface area contributed by atoms with Crippen LogP contribution in [0.15, 0.2) is 22.7 Å². The molecule has 1 aromatic rings. The van der Waals surface area contributed by atoms with Gasteiger partial charge in [0.05, 0.1) is 0 Å². The van der Waals surface area contributed by atoms with E-state index in [-0.39, 0.29) is 12.1 Å². The minimum atomic E-state index is -0.466. The second-order valence-corrected chi connectivity index (χ2v) is 7.91. The zero-order valence-electron chi connectivity index (χ0n) is 14.4. The Balaban J connectivity index is 1.88. The molecular formula is C18H27BrN2O2. The molecule has 0 bridgehead atoms. The molecule has 2 unspecified atom stereocenters. The number of nitrogens with one attached hydrogen (secondary N) is 2. The first kappa shape index (κ1) is 18.3. The first-order valence-corrected chi connectivity index (χ1v) is 9.09. The number of amides is 1. The second kappa shape index (κ2) is 7.67. The van der Waals surface area contributed by atoms with Crippen LogP contribution in [0.25, 0.3) is 0 Å². The Morgan fingerprint density at radius 3 is 2.83 bits per heavy atom. The fourth-order valence-corrected chi connectivity index (χ4v) is 3.46. The Labute approximate surface area is 147 Å². The van der Waals surface area contributed by atoms with Crippen molar-refractivity contribution in [3.63, 3.8) is 0 Å². The third kappa shape index (κ3) is 5.21. The topological polar surface area (TPSA) is 50.4 Å². The van der Waals surface area contributed by atoms with Crippen LogP contribution in [0.4, 0.5) is 4.79 Å². The Kier molecular flexibility index (Phi) is 6.09. The van der Waals surface area contributed by atoms with E-state index >= 15 is 0 Å². The summed E-state index contributed by atoms with van der Waals surface area (Å²) in [5.74, 6) is 0. The fourth-order valence-electron chi connectivity index (χ4n) is 2.88. The molecule has 0 aromatic heterocycles. The van der Waals surface area contributed by atoms with Crippen molar-refractivity contribution in [2.45, 2.75) is 64.6 Å². The predicted molar refractivity (Wildman–Crippen MR) is 96.7 cm³/mol. The maximum Gasteiger partial charge on any atom is 0.407 e. The van der Waals surface area contributed by atoms with Crippen molar-refractivity contribution in [3.8, 4) is 0 Å². The number of hydrogen-bond acceptors (Lipinski definition) is 3. The number of halogens is 1. The van der Waals surface area contributed by atoms with Gasteiger partial charge in [0.1, 0.15) is 5.60 Å². The average molecular weight is 383 g/mol. The average Bonchev–Trinajstić information content (AvgIpc) is 2.86. The number of rotatable bonds is 5. The van der Waals surface area contributed by atoms with Crippen molar-refractivity contribution in [1.29, 1.82) is 0 Å². The molecule has 1 aliphatic carbocycles. The van der Waals surface area contributed by atoms with Gasteiger partial charge in [-0.2, -0.15) is 0 Å². The fraction of sp³-hybridized carbons (Fsp3) is 0.611. The lowest BCUT2D eigenvalue weighted by Crippen LogP contribution is -2.44. The van der Waals surface area contributed by atoms with E-state index in [1.807, 2.05) is 20.8 Å². The minimum Gasteiger partial charge on any atom is -0.444 e. The van der Waals surface area contributed by atoms with Gasteiger partial charge in [-0.15, -0.1) is 0 Å². The molecule has 0 saturated carbocycles. The van der Waals surface area contributed by atoms with E-state index in [2.05, 4.69) is 51.7 Å². The van der Waals surface area contributed by atoms with Crippen LogP contribution in [0, 0.1) is 0 Å². The van der Waals surface area contributed by atoms with Crippen LogP contribution < -0.4 is 10.6 Å². The minimum absolute atomic E-state index is 0.0704. The van der Waals surface area contributed by atoms with Gasteiger partial charge in [-0.05, 0) is 57.2 Å². The summed E-state index contributed by atoms with van der Waals surface area (Å²) in [5, 5.41) is 6.54. The number of carbonyl (C=O) groups is 1. The summed E-state index contributed by atoms with van der Waals surface area (Å²) in [4.78, 5) is 11.9. The highest BCUT2D eigenvalue weighted by molar-refractivity contribution is 9.10. The molecule has 1 amide bonds. The first-order valence-electron chi connectivity index (χ1n) is 8.30. The van der Waals surface area contributed by atoms with E-state index < -0.39 is 5.60 Å². The number of benzene rings is 1. The monoisotopic (exact) mass is 382 g/mol. The van der Waals surface area contributed by atoms with Crippen LogP contribution in [-0.2, 0) is 11.2 Å². The molecule has 23 heavy (non-hydrogen) atoms. The molecule has 0 radical (unpaired) electrons. The summed E-state index contributed by atoms with van der Waals surface area (Å²) in [6, 6.07) is 6.80. The van der Waals surface area contributed by atoms with Crippen LogP contribution >= 0.6 is 15.9 Å². The molecule has 0 heterocycles. The number of hydrogen-bond donors (Lipinski definition) is 2. The van der Waals surface area contributed by atoms with Crippen LogP contribution in [0.2, 0.25) is 0 Å². The SMILES string of the molecule is CCC(CNC1CCc2c(Br)cccc21)NC(=O)OC(C)(C)C. The summed E-state index contributed by atoms with van der Waals surface area (Å²) < 4.78 is 6.52. The Morgan fingerprint density at radius 2 is 2.17 bits per heavy atom. The highest BCUT2D eigenvalue weighted by Crippen LogP contribution is 2.35. The molecule has 0 aliphatic heterocycles. The highest BCUT2D eigenvalue weighted by Gasteiger charge is 2.25. The third-order valence-electron chi connectivity index (χ3n) is 4.04. The van der Waals surface area contributed by atoms with Gasteiger partial charge < -0.3 is 15.4 Å². The van der Waals surface area contributed by atoms with Gasteiger partial charge >= 0.3 is 6.09 Å². The first-order chi connectivity index (χ1) is 10.8. The van der Waals surface area contributed by atoms with Gasteiger partial charge in [0.25, 0.3) is 0 Å².